The van der Waals surface area contributed by atoms with Crippen LogP contribution < -0.4 is 10.1 Å². The third-order valence-electron chi connectivity index (χ3n) is 4.19. The Balaban J connectivity index is 1.87. The maximum absolute atomic E-state index is 13.2. The van der Waals surface area contributed by atoms with Crippen molar-refractivity contribution in [2.24, 2.45) is 0 Å². The SMILES string of the molecule is COc1ccc(S(=O)(=O)[C@@H](CNC(=O)c2ccccc2Br)c2ccco2)cc1. The van der Waals surface area contributed by atoms with E-state index in [1.807, 2.05) is 0 Å². The lowest BCUT2D eigenvalue weighted by molar-refractivity contribution is 0.0952. The van der Waals surface area contributed by atoms with Gasteiger partial charge < -0.3 is 14.5 Å². The zero-order valence-electron chi connectivity index (χ0n) is 15.0. The van der Waals surface area contributed by atoms with Crippen LogP contribution in [-0.4, -0.2) is 28.0 Å². The largest absolute Gasteiger partial charge is 0.497 e. The molecule has 0 bridgehead atoms. The van der Waals surface area contributed by atoms with Crippen molar-refractivity contribution in [2.45, 2.75) is 10.1 Å². The number of hydrogen-bond donors (Lipinski definition) is 1. The fourth-order valence-electron chi connectivity index (χ4n) is 2.69. The number of ether oxygens (including phenoxy) is 1. The molecular formula is C20H18BrNO5S. The highest BCUT2D eigenvalue weighted by Gasteiger charge is 2.32. The van der Waals surface area contributed by atoms with Gasteiger partial charge in [-0.15, -0.1) is 0 Å². The predicted molar refractivity (Wildman–Crippen MR) is 108 cm³/mol. The van der Waals surface area contributed by atoms with Gasteiger partial charge in [0.15, 0.2) is 9.84 Å². The van der Waals surface area contributed by atoms with Gasteiger partial charge in [-0.3, -0.25) is 4.79 Å². The first-order valence-electron chi connectivity index (χ1n) is 8.37. The molecule has 1 aromatic heterocycles. The van der Waals surface area contributed by atoms with E-state index in [1.54, 1.807) is 48.5 Å². The van der Waals surface area contributed by atoms with Gasteiger partial charge >= 0.3 is 0 Å². The van der Waals surface area contributed by atoms with Crippen molar-refractivity contribution >= 4 is 31.7 Å². The lowest BCUT2D eigenvalue weighted by Crippen LogP contribution is -2.32. The number of rotatable bonds is 7. The molecule has 1 atom stereocenters. The van der Waals surface area contributed by atoms with Crippen LogP contribution in [0.1, 0.15) is 21.4 Å². The Morgan fingerprint density at radius 1 is 1.11 bits per heavy atom. The summed E-state index contributed by atoms with van der Waals surface area (Å²) in [5.41, 5.74) is 0.419. The predicted octanol–water partition coefficient (Wildman–Crippen LogP) is 4.00. The number of carbonyl (C=O) groups is 1. The Kier molecular flexibility index (Phi) is 6.21. The average molecular weight is 464 g/mol. The van der Waals surface area contributed by atoms with E-state index in [0.29, 0.717) is 15.8 Å². The summed E-state index contributed by atoms with van der Waals surface area (Å²) in [6.45, 7) is -0.137. The number of benzene rings is 2. The molecule has 0 spiro atoms. The molecule has 8 heteroatoms. The zero-order chi connectivity index (χ0) is 20.1. The van der Waals surface area contributed by atoms with Crippen LogP contribution in [0.5, 0.6) is 5.75 Å². The Morgan fingerprint density at radius 3 is 2.43 bits per heavy atom. The Morgan fingerprint density at radius 2 is 1.82 bits per heavy atom. The van der Waals surface area contributed by atoms with Gasteiger partial charge in [0.05, 0.1) is 23.8 Å². The van der Waals surface area contributed by atoms with Crippen molar-refractivity contribution in [1.82, 2.24) is 5.32 Å². The number of sulfone groups is 1. The van der Waals surface area contributed by atoms with Crippen LogP contribution in [0.3, 0.4) is 0 Å². The molecular weight excluding hydrogens is 446 g/mol. The monoisotopic (exact) mass is 463 g/mol. The van der Waals surface area contributed by atoms with Gasteiger partial charge in [-0.1, -0.05) is 12.1 Å². The van der Waals surface area contributed by atoms with Gasteiger partial charge in [0.25, 0.3) is 5.91 Å². The van der Waals surface area contributed by atoms with Crippen molar-refractivity contribution in [3.63, 3.8) is 0 Å². The highest BCUT2D eigenvalue weighted by Crippen LogP contribution is 2.30. The number of carbonyl (C=O) groups excluding carboxylic acids is 1. The average Bonchev–Trinajstić information content (AvgIpc) is 3.22. The third-order valence-corrected chi connectivity index (χ3v) is 6.96. The topological polar surface area (TPSA) is 85.6 Å². The number of halogens is 1. The zero-order valence-corrected chi connectivity index (χ0v) is 17.4. The summed E-state index contributed by atoms with van der Waals surface area (Å²) < 4.78 is 37.4. The molecule has 146 valence electrons. The molecule has 2 aromatic carbocycles. The van der Waals surface area contributed by atoms with E-state index in [-0.39, 0.29) is 23.1 Å². The normalized spacial score (nSPS) is 12.4. The van der Waals surface area contributed by atoms with Crippen LogP contribution in [0.15, 0.2) is 80.7 Å². The summed E-state index contributed by atoms with van der Waals surface area (Å²) >= 11 is 3.32. The van der Waals surface area contributed by atoms with Crippen LogP contribution in [-0.2, 0) is 9.84 Å². The van der Waals surface area contributed by atoms with Gasteiger partial charge in [0.1, 0.15) is 16.8 Å². The molecule has 0 aliphatic carbocycles. The second kappa shape index (κ2) is 8.62. The minimum atomic E-state index is -3.81. The lowest BCUT2D eigenvalue weighted by Gasteiger charge is -2.17. The second-order valence-electron chi connectivity index (χ2n) is 5.91. The molecule has 0 saturated carbocycles. The number of methoxy groups -OCH3 is 1. The molecule has 0 aliphatic rings. The van der Waals surface area contributed by atoms with E-state index in [2.05, 4.69) is 21.2 Å². The molecule has 0 unspecified atom stereocenters. The van der Waals surface area contributed by atoms with Gasteiger partial charge in [-0.2, -0.15) is 0 Å². The van der Waals surface area contributed by atoms with Gasteiger partial charge in [0, 0.05) is 11.0 Å². The number of amides is 1. The van der Waals surface area contributed by atoms with E-state index in [1.165, 1.54) is 25.5 Å². The maximum Gasteiger partial charge on any atom is 0.252 e. The molecule has 28 heavy (non-hydrogen) atoms. The van der Waals surface area contributed by atoms with Crippen molar-refractivity contribution < 1.29 is 22.4 Å². The summed E-state index contributed by atoms with van der Waals surface area (Å²) in [5.74, 6) is 0.424. The number of hydrogen-bond acceptors (Lipinski definition) is 5. The summed E-state index contributed by atoms with van der Waals surface area (Å²) in [6, 6.07) is 16.2. The van der Waals surface area contributed by atoms with Gasteiger partial charge in [-0.05, 0) is 64.5 Å². The molecule has 0 fully saturated rings. The minimum Gasteiger partial charge on any atom is -0.497 e. The van der Waals surface area contributed by atoms with Crippen LogP contribution in [0.4, 0.5) is 0 Å². The summed E-state index contributed by atoms with van der Waals surface area (Å²) in [4.78, 5) is 12.6. The van der Waals surface area contributed by atoms with Crippen LogP contribution in [0.25, 0.3) is 0 Å². The smallest absolute Gasteiger partial charge is 0.252 e. The number of furan rings is 1. The molecule has 6 nitrogen and oxygen atoms in total. The molecule has 0 aliphatic heterocycles. The van der Waals surface area contributed by atoms with E-state index in [0.717, 1.165) is 0 Å². The molecule has 0 saturated heterocycles. The standard InChI is InChI=1S/C20H18BrNO5S/c1-26-14-8-10-15(11-9-14)28(24,25)19(18-7-4-12-27-18)13-22-20(23)16-5-2-3-6-17(16)21/h2-12,19H,13H2,1H3,(H,22,23)/t19-/m0/s1. The van der Waals surface area contributed by atoms with E-state index in [4.69, 9.17) is 9.15 Å². The van der Waals surface area contributed by atoms with Crippen LogP contribution >= 0.6 is 15.9 Å². The fraction of sp³-hybridized carbons (Fsp3) is 0.150. The van der Waals surface area contributed by atoms with Crippen molar-refractivity contribution in [3.8, 4) is 5.75 Å². The lowest BCUT2D eigenvalue weighted by atomic mass is 10.2. The minimum absolute atomic E-state index is 0.116. The first-order valence-corrected chi connectivity index (χ1v) is 10.7. The molecule has 1 N–H and O–H groups in total. The Labute approximate surface area is 171 Å². The summed E-state index contributed by atoms with van der Waals surface area (Å²) in [7, 11) is -2.31. The first-order chi connectivity index (χ1) is 13.4. The Bertz CT molecular complexity index is 1050. The van der Waals surface area contributed by atoms with Crippen molar-refractivity contribution in [2.75, 3.05) is 13.7 Å². The Hall–Kier alpha value is -2.58. The molecule has 3 aromatic rings. The van der Waals surface area contributed by atoms with Gasteiger partial charge in [-0.25, -0.2) is 8.42 Å². The van der Waals surface area contributed by atoms with Crippen LogP contribution in [0.2, 0.25) is 0 Å². The van der Waals surface area contributed by atoms with Crippen LogP contribution in [0, 0.1) is 0 Å². The maximum atomic E-state index is 13.2. The van der Waals surface area contributed by atoms with Gasteiger partial charge in [0.2, 0.25) is 0 Å². The molecule has 3 rings (SSSR count). The summed E-state index contributed by atoms with van der Waals surface area (Å²) in [6.07, 6.45) is 1.40. The highest BCUT2D eigenvalue weighted by molar-refractivity contribution is 9.10. The third kappa shape index (κ3) is 4.28. The molecule has 1 amide bonds. The molecule has 0 radical (unpaired) electrons. The second-order valence-corrected chi connectivity index (χ2v) is 8.90. The first kappa shape index (κ1) is 20.2. The fourth-order valence-corrected chi connectivity index (χ4v) is 4.74. The quantitative estimate of drug-likeness (QED) is 0.572. The van der Waals surface area contributed by atoms with Crippen molar-refractivity contribution in [1.29, 1.82) is 0 Å². The van der Waals surface area contributed by atoms with Crippen molar-refractivity contribution in [3.05, 3.63) is 82.7 Å². The highest BCUT2D eigenvalue weighted by atomic mass is 79.9. The molecule has 1 heterocycles. The van der Waals surface area contributed by atoms with E-state index in [9.17, 15) is 13.2 Å². The number of nitrogens with one attached hydrogen (secondary N) is 1. The van der Waals surface area contributed by atoms with E-state index < -0.39 is 15.1 Å². The van der Waals surface area contributed by atoms with E-state index >= 15 is 0 Å². The summed E-state index contributed by atoms with van der Waals surface area (Å²) in [5, 5.41) is 1.63.